The van der Waals surface area contributed by atoms with E-state index < -0.39 is 14.4 Å². The Kier molecular flexibility index (Phi) is 11.2. The number of hydroxylamine groups is 2. The summed E-state index contributed by atoms with van der Waals surface area (Å²) in [6.45, 7) is 15.0. The quantitative estimate of drug-likeness (QED) is 0.150. The Labute approximate surface area is 274 Å². The predicted molar refractivity (Wildman–Crippen MR) is 184 cm³/mol. The van der Waals surface area contributed by atoms with E-state index in [9.17, 15) is 4.79 Å². The van der Waals surface area contributed by atoms with E-state index in [1.807, 2.05) is 24.1 Å². The maximum atomic E-state index is 13.1. The molecule has 2 saturated carbocycles. The number of hydrogen-bond acceptors (Lipinski definition) is 6. The molecule has 4 aliphatic rings. The van der Waals surface area contributed by atoms with Crippen LogP contribution in [0.1, 0.15) is 130 Å². The Hall–Kier alpha value is -1.69. The van der Waals surface area contributed by atoms with Gasteiger partial charge in [0, 0.05) is 5.56 Å². The number of carbonyl (C=O) groups excluding carboxylic acids is 1. The Morgan fingerprint density at radius 3 is 2.38 bits per heavy atom. The molecule has 2 aliphatic heterocycles. The van der Waals surface area contributed by atoms with Crippen molar-refractivity contribution in [2.24, 2.45) is 17.1 Å². The highest BCUT2D eigenvalue weighted by molar-refractivity contribution is 6.76. The fraction of sp³-hybridized carbons (Fsp3) is 0.763. The van der Waals surface area contributed by atoms with Crippen LogP contribution in [-0.2, 0) is 25.3 Å². The van der Waals surface area contributed by atoms with Crippen LogP contribution in [0.5, 0.6) is 0 Å². The normalized spacial score (nSPS) is 28.2. The van der Waals surface area contributed by atoms with Crippen molar-refractivity contribution < 1.29 is 18.8 Å². The van der Waals surface area contributed by atoms with Crippen LogP contribution >= 0.6 is 0 Å². The third-order valence-electron chi connectivity index (χ3n) is 11.8. The lowest BCUT2D eigenvalue weighted by Gasteiger charge is -2.41. The number of esters is 1. The summed E-state index contributed by atoms with van der Waals surface area (Å²) in [5.74, 6) is 6.48. The van der Waals surface area contributed by atoms with Crippen LogP contribution in [-0.4, -0.2) is 49.7 Å². The van der Waals surface area contributed by atoms with Gasteiger partial charge in [-0.25, -0.2) is 0 Å². The van der Waals surface area contributed by atoms with Gasteiger partial charge in [0.05, 0.1) is 24.6 Å². The first-order chi connectivity index (χ1) is 21.4. The molecule has 2 saturated heterocycles. The Balaban J connectivity index is 1.27. The lowest BCUT2D eigenvalue weighted by molar-refractivity contribution is -0.195. The molecule has 0 bridgehead atoms. The average Bonchev–Trinajstić information content (AvgIpc) is 3.51. The van der Waals surface area contributed by atoms with Crippen molar-refractivity contribution in [3.63, 3.8) is 0 Å². The van der Waals surface area contributed by atoms with Gasteiger partial charge < -0.3 is 14.9 Å². The molecule has 6 nitrogen and oxygen atoms in total. The fourth-order valence-electron chi connectivity index (χ4n) is 8.91. The molecule has 1 aromatic carbocycles. The Morgan fingerprint density at radius 2 is 1.71 bits per heavy atom. The van der Waals surface area contributed by atoms with E-state index >= 15 is 0 Å². The zero-order chi connectivity index (χ0) is 32.2. The van der Waals surface area contributed by atoms with Crippen LogP contribution in [0.25, 0.3) is 0 Å². The van der Waals surface area contributed by atoms with E-state index in [4.69, 9.17) is 19.7 Å². The number of rotatable bonds is 11. The van der Waals surface area contributed by atoms with E-state index in [0.717, 1.165) is 36.8 Å². The standard InChI is InChI=1S/C38H60N2O4Si/c1-28(2)45(29(3)4,24-14-20-37(6)18-9-7-10-19-37)42-27-33-34-30(5)43-36(41)35(34)40(44-33)26-32-16-13-15-31(25-32)17-23-38(39)21-11-8-12-22-38/h13,15-16,25,28-30,33-35H,7-12,14,18-22,24,26-27,39H2,1-6H3/t30-,33-,34+,35-/m0/s1. The topological polar surface area (TPSA) is 74.0 Å². The highest BCUT2D eigenvalue weighted by atomic mass is 28.4. The molecule has 250 valence electrons. The first-order valence-corrected chi connectivity index (χ1v) is 20.4. The third-order valence-corrected chi connectivity index (χ3v) is 17.6. The van der Waals surface area contributed by atoms with Gasteiger partial charge in [0.2, 0.25) is 0 Å². The molecule has 0 unspecified atom stereocenters. The van der Waals surface area contributed by atoms with Crippen molar-refractivity contribution in [1.82, 2.24) is 5.06 Å². The number of nitrogens with two attached hydrogens (primary N) is 1. The fourth-order valence-corrected chi connectivity index (χ4v) is 13.4. The largest absolute Gasteiger partial charge is 0.461 e. The second-order valence-electron chi connectivity index (χ2n) is 15.9. The maximum Gasteiger partial charge on any atom is 0.326 e. The van der Waals surface area contributed by atoms with Gasteiger partial charge in [-0.1, -0.05) is 104 Å². The number of fused-ring (bicyclic) bond motifs is 1. The van der Waals surface area contributed by atoms with Crippen molar-refractivity contribution in [3.05, 3.63) is 35.4 Å². The molecule has 2 heterocycles. The lowest BCUT2D eigenvalue weighted by Crippen LogP contribution is -2.47. The monoisotopic (exact) mass is 636 g/mol. The summed E-state index contributed by atoms with van der Waals surface area (Å²) in [5, 5.41) is 1.86. The van der Waals surface area contributed by atoms with Crippen LogP contribution in [0.3, 0.4) is 0 Å². The van der Waals surface area contributed by atoms with Crippen LogP contribution in [0.4, 0.5) is 0 Å². The van der Waals surface area contributed by atoms with Gasteiger partial charge in [0.15, 0.2) is 8.32 Å². The molecule has 2 N–H and O–H groups in total. The number of hydrogen-bond donors (Lipinski definition) is 1. The van der Waals surface area contributed by atoms with E-state index in [2.05, 4.69) is 58.6 Å². The molecular weight excluding hydrogens is 577 g/mol. The number of benzene rings is 1. The van der Waals surface area contributed by atoms with Crippen LogP contribution in [0.15, 0.2) is 24.3 Å². The number of ether oxygens (including phenoxy) is 1. The zero-order valence-electron chi connectivity index (χ0n) is 29.0. The molecule has 5 rings (SSSR count). The molecule has 45 heavy (non-hydrogen) atoms. The van der Waals surface area contributed by atoms with Gasteiger partial charge in [-0.15, -0.1) is 0 Å². The predicted octanol–water partition coefficient (Wildman–Crippen LogP) is 8.28. The molecule has 0 radical (unpaired) electrons. The summed E-state index contributed by atoms with van der Waals surface area (Å²) < 4.78 is 13.0. The van der Waals surface area contributed by atoms with E-state index in [0.29, 0.717) is 29.6 Å². The minimum Gasteiger partial charge on any atom is -0.461 e. The van der Waals surface area contributed by atoms with Gasteiger partial charge in [-0.05, 0) is 79.3 Å². The van der Waals surface area contributed by atoms with E-state index in [1.165, 1.54) is 57.4 Å². The molecular formula is C38H60N2O4Si. The van der Waals surface area contributed by atoms with Crippen molar-refractivity contribution in [2.75, 3.05) is 6.61 Å². The zero-order valence-corrected chi connectivity index (χ0v) is 30.0. The van der Waals surface area contributed by atoms with Crippen molar-refractivity contribution in [1.29, 1.82) is 0 Å². The van der Waals surface area contributed by atoms with Crippen molar-refractivity contribution in [3.8, 4) is 11.8 Å². The molecule has 1 aromatic rings. The minimum absolute atomic E-state index is 0.0453. The lowest BCUT2D eigenvalue weighted by atomic mass is 9.73. The van der Waals surface area contributed by atoms with E-state index in [1.54, 1.807) is 0 Å². The summed E-state index contributed by atoms with van der Waals surface area (Å²) in [6, 6.07) is 9.02. The maximum absolute atomic E-state index is 13.1. The van der Waals surface area contributed by atoms with Gasteiger partial charge in [0.25, 0.3) is 0 Å². The van der Waals surface area contributed by atoms with Crippen LogP contribution in [0.2, 0.25) is 17.1 Å². The van der Waals surface area contributed by atoms with Crippen molar-refractivity contribution >= 4 is 14.3 Å². The molecule has 0 amide bonds. The molecule has 7 heteroatoms. The summed E-state index contributed by atoms with van der Waals surface area (Å²) in [5.41, 5.74) is 9.73. The summed E-state index contributed by atoms with van der Waals surface area (Å²) >= 11 is 0. The Morgan fingerprint density at radius 1 is 1.04 bits per heavy atom. The number of cyclic esters (lactones) is 1. The van der Waals surface area contributed by atoms with Gasteiger partial charge in [-0.2, -0.15) is 5.06 Å². The first-order valence-electron chi connectivity index (χ1n) is 18.1. The third kappa shape index (κ3) is 8.07. The van der Waals surface area contributed by atoms with Gasteiger partial charge >= 0.3 is 5.97 Å². The molecule has 0 spiro atoms. The molecule has 4 fully saturated rings. The highest BCUT2D eigenvalue weighted by Crippen LogP contribution is 2.45. The van der Waals surface area contributed by atoms with Crippen molar-refractivity contribution in [2.45, 2.75) is 166 Å². The summed E-state index contributed by atoms with van der Waals surface area (Å²) in [6.07, 6.45) is 14.5. The van der Waals surface area contributed by atoms with Crippen LogP contribution in [0, 0.1) is 23.2 Å². The minimum atomic E-state index is -2.10. The summed E-state index contributed by atoms with van der Waals surface area (Å²) in [4.78, 5) is 19.7. The second kappa shape index (κ2) is 14.6. The number of carbonyl (C=O) groups is 1. The Bertz CT molecular complexity index is 1200. The van der Waals surface area contributed by atoms with Gasteiger partial charge in [0.1, 0.15) is 18.2 Å². The average molecular weight is 637 g/mol. The number of nitrogens with zero attached hydrogens (tertiary/aromatic N) is 1. The van der Waals surface area contributed by atoms with E-state index in [-0.39, 0.29) is 29.6 Å². The van der Waals surface area contributed by atoms with Crippen LogP contribution < -0.4 is 5.73 Å². The first kappa shape index (κ1) is 34.6. The molecule has 0 aromatic heterocycles. The SMILES string of the molecule is CC(C)[Si](CCCC1(C)CCCCC1)(OC[C@@H]1ON(Cc2cccc(C#CC3(N)CCCCC3)c2)[C@@H]2C(=O)O[C@@H](C)[C@H]12)C(C)C. The summed E-state index contributed by atoms with van der Waals surface area (Å²) in [7, 11) is -2.10. The van der Waals surface area contributed by atoms with Gasteiger partial charge in [-0.3, -0.25) is 9.63 Å². The highest BCUT2D eigenvalue weighted by Gasteiger charge is 2.57. The molecule has 4 atom stereocenters. The second-order valence-corrected chi connectivity index (χ2v) is 20.9. The molecule has 2 aliphatic carbocycles. The smallest absolute Gasteiger partial charge is 0.326 e.